The van der Waals surface area contributed by atoms with Crippen LogP contribution in [-0.2, 0) is 0 Å². The van der Waals surface area contributed by atoms with Crippen LogP contribution in [0, 0.1) is 11.3 Å². The number of aromatic nitrogens is 1. The highest BCUT2D eigenvalue weighted by atomic mass is 79.9. The molecule has 0 spiro atoms. The van der Waals surface area contributed by atoms with E-state index < -0.39 is 0 Å². The molecule has 4 nitrogen and oxygen atoms in total. The molecule has 2 rings (SSSR count). The van der Waals surface area contributed by atoms with Gasteiger partial charge in [0.15, 0.2) is 0 Å². The molecule has 1 heterocycles. The fourth-order valence-corrected chi connectivity index (χ4v) is 2.10. The molecule has 0 aliphatic carbocycles. The summed E-state index contributed by atoms with van der Waals surface area (Å²) < 4.78 is 0.966. The summed E-state index contributed by atoms with van der Waals surface area (Å²) >= 11 is 3.39. The van der Waals surface area contributed by atoms with E-state index in [-0.39, 0.29) is 5.91 Å². The van der Waals surface area contributed by atoms with Gasteiger partial charge in [-0.2, -0.15) is 5.26 Å². The zero-order valence-electron chi connectivity index (χ0n) is 9.90. The zero-order chi connectivity index (χ0) is 13.1. The smallest absolute Gasteiger partial charge is 0.270 e. The first-order chi connectivity index (χ1) is 8.61. The van der Waals surface area contributed by atoms with Gasteiger partial charge in [-0.25, -0.2) is 0 Å². The molecule has 1 aromatic carbocycles. The average Bonchev–Trinajstić information content (AvgIpc) is 2.77. The predicted octanol–water partition coefficient (Wildman–Crippen LogP) is 2.92. The van der Waals surface area contributed by atoms with Crippen molar-refractivity contribution in [2.45, 2.75) is 6.42 Å². The molecular weight excluding hydrogens is 294 g/mol. The number of carbonyl (C=O) groups excluding carboxylic acids is 1. The van der Waals surface area contributed by atoms with E-state index in [4.69, 9.17) is 5.26 Å². The lowest BCUT2D eigenvalue weighted by atomic mass is 10.2. The molecule has 0 radical (unpaired) electrons. The minimum Gasteiger partial charge on any atom is -0.350 e. The minimum absolute atomic E-state index is 0.0995. The van der Waals surface area contributed by atoms with Gasteiger partial charge in [-0.3, -0.25) is 4.79 Å². The summed E-state index contributed by atoms with van der Waals surface area (Å²) in [5, 5.41) is 9.51. The number of benzene rings is 1. The Kier molecular flexibility index (Phi) is 3.68. The van der Waals surface area contributed by atoms with Gasteiger partial charge in [0.1, 0.15) is 5.69 Å². The van der Waals surface area contributed by atoms with Gasteiger partial charge in [0.2, 0.25) is 0 Å². The van der Waals surface area contributed by atoms with Crippen LogP contribution in [0.15, 0.2) is 28.7 Å². The fourth-order valence-electron chi connectivity index (χ4n) is 1.74. The van der Waals surface area contributed by atoms with Crippen LogP contribution in [0.3, 0.4) is 0 Å². The van der Waals surface area contributed by atoms with E-state index in [2.05, 4.69) is 20.9 Å². The van der Waals surface area contributed by atoms with E-state index in [1.165, 1.54) is 0 Å². The molecule has 1 N–H and O–H groups in total. The maximum Gasteiger partial charge on any atom is 0.270 e. The Balaban J connectivity index is 2.26. The molecule has 0 saturated heterocycles. The lowest BCUT2D eigenvalue weighted by Crippen LogP contribution is -2.27. The third kappa shape index (κ3) is 2.54. The highest BCUT2D eigenvalue weighted by molar-refractivity contribution is 9.10. The van der Waals surface area contributed by atoms with E-state index in [9.17, 15) is 4.79 Å². The number of hydrogen-bond acceptors (Lipinski definition) is 2. The summed E-state index contributed by atoms with van der Waals surface area (Å²) in [5.41, 5.74) is 1.46. The van der Waals surface area contributed by atoms with Crippen molar-refractivity contribution in [2.75, 3.05) is 13.6 Å². The molecule has 18 heavy (non-hydrogen) atoms. The van der Waals surface area contributed by atoms with Crippen LogP contribution < -0.4 is 0 Å². The Hall–Kier alpha value is -1.80. The number of nitrogens with zero attached hydrogens (tertiary/aromatic N) is 2. The van der Waals surface area contributed by atoms with Crippen molar-refractivity contribution in [2.24, 2.45) is 0 Å². The average molecular weight is 306 g/mol. The van der Waals surface area contributed by atoms with Gasteiger partial charge >= 0.3 is 0 Å². The van der Waals surface area contributed by atoms with Gasteiger partial charge in [0.25, 0.3) is 5.91 Å². The van der Waals surface area contributed by atoms with Crippen LogP contribution in [0.25, 0.3) is 10.9 Å². The standard InChI is InChI=1S/C13H12BrN3O/c1-17(6-2-5-15)13(18)12-7-9-3-4-10(14)8-11(9)16-12/h3-4,7-8,16H,2,6H2,1H3. The van der Waals surface area contributed by atoms with Gasteiger partial charge in [0, 0.05) is 29.0 Å². The SMILES string of the molecule is CN(CCC#N)C(=O)c1cc2ccc(Br)cc2[nH]1. The number of halogens is 1. The summed E-state index contributed by atoms with van der Waals surface area (Å²) in [5.74, 6) is -0.0995. The molecule has 0 atom stereocenters. The lowest BCUT2D eigenvalue weighted by molar-refractivity contribution is 0.0793. The van der Waals surface area contributed by atoms with Crippen LogP contribution >= 0.6 is 15.9 Å². The third-order valence-corrected chi connectivity index (χ3v) is 3.21. The van der Waals surface area contributed by atoms with Gasteiger partial charge in [-0.1, -0.05) is 22.0 Å². The molecule has 0 unspecified atom stereocenters. The van der Waals surface area contributed by atoms with Crippen molar-refractivity contribution < 1.29 is 4.79 Å². The number of amides is 1. The Morgan fingerprint density at radius 2 is 2.28 bits per heavy atom. The Morgan fingerprint density at radius 3 is 3.00 bits per heavy atom. The highest BCUT2D eigenvalue weighted by Gasteiger charge is 2.13. The van der Waals surface area contributed by atoms with E-state index >= 15 is 0 Å². The molecule has 1 amide bonds. The van der Waals surface area contributed by atoms with Crippen molar-refractivity contribution in [3.63, 3.8) is 0 Å². The predicted molar refractivity (Wildman–Crippen MR) is 73.2 cm³/mol. The first-order valence-corrected chi connectivity index (χ1v) is 6.32. The van der Waals surface area contributed by atoms with Crippen molar-refractivity contribution in [3.05, 3.63) is 34.4 Å². The maximum absolute atomic E-state index is 12.1. The van der Waals surface area contributed by atoms with Crippen LogP contribution in [0.5, 0.6) is 0 Å². The quantitative estimate of drug-likeness (QED) is 0.948. The van der Waals surface area contributed by atoms with Gasteiger partial charge in [-0.15, -0.1) is 0 Å². The Morgan fingerprint density at radius 1 is 1.50 bits per heavy atom. The minimum atomic E-state index is -0.0995. The van der Waals surface area contributed by atoms with E-state index in [1.807, 2.05) is 30.3 Å². The summed E-state index contributed by atoms with van der Waals surface area (Å²) in [7, 11) is 1.70. The number of carbonyl (C=O) groups is 1. The number of aromatic amines is 1. The van der Waals surface area contributed by atoms with Gasteiger partial charge in [0.05, 0.1) is 12.5 Å². The highest BCUT2D eigenvalue weighted by Crippen LogP contribution is 2.20. The van der Waals surface area contributed by atoms with Crippen molar-refractivity contribution in [1.29, 1.82) is 5.26 Å². The molecule has 0 bridgehead atoms. The van der Waals surface area contributed by atoms with Crippen molar-refractivity contribution in [1.82, 2.24) is 9.88 Å². The summed E-state index contributed by atoms with van der Waals surface area (Å²) in [4.78, 5) is 16.7. The first-order valence-electron chi connectivity index (χ1n) is 5.52. The summed E-state index contributed by atoms with van der Waals surface area (Å²) in [6.07, 6.45) is 0.341. The monoisotopic (exact) mass is 305 g/mol. The van der Waals surface area contributed by atoms with Crippen LogP contribution in [0.1, 0.15) is 16.9 Å². The molecular formula is C13H12BrN3O. The van der Waals surface area contributed by atoms with Gasteiger partial charge in [-0.05, 0) is 18.2 Å². The third-order valence-electron chi connectivity index (χ3n) is 2.72. The normalized spacial score (nSPS) is 10.3. The molecule has 5 heteroatoms. The summed E-state index contributed by atoms with van der Waals surface area (Å²) in [6, 6.07) is 9.67. The second-order valence-corrected chi connectivity index (χ2v) is 4.97. The van der Waals surface area contributed by atoms with Crippen molar-refractivity contribution >= 4 is 32.7 Å². The van der Waals surface area contributed by atoms with Gasteiger partial charge < -0.3 is 9.88 Å². The molecule has 1 aromatic heterocycles. The van der Waals surface area contributed by atoms with Crippen LogP contribution in [0.4, 0.5) is 0 Å². The number of H-pyrrole nitrogens is 1. The maximum atomic E-state index is 12.1. The second kappa shape index (κ2) is 5.23. The Labute approximate surface area is 113 Å². The van der Waals surface area contributed by atoms with Crippen molar-refractivity contribution in [3.8, 4) is 6.07 Å². The number of hydrogen-bond donors (Lipinski definition) is 1. The topological polar surface area (TPSA) is 59.9 Å². The number of rotatable bonds is 3. The number of nitrogens with one attached hydrogen (secondary N) is 1. The van der Waals surface area contributed by atoms with Crippen LogP contribution in [-0.4, -0.2) is 29.4 Å². The Bertz CT molecular complexity index is 627. The van der Waals surface area contributed by atoms with E-state index in [0.29, 0.717) is 18.7 Å². The lowest BCUT2D eigenvalue weighted by Gasteiger charge is -2.13. The fraction of sp³-hybridized carbons (Fsp3) is 0.231. The molecule has 92 valence electrons. The molecule has 0 aliphatic heterocycles. The molecule has 0 aliphatic rings. The largest absolute Gasteiger partial charge is 0.350 e. The molecule has 2 aromatic rings. The molecule has 0 saturated carbocycles. The first kappa shape index (κ1) is 12.7. The number of fused-ring (bicyclic) bond motifs is 1. The van der Waals surface area contributed by atoms with Crippen LogP contribution in [0.2, 0.25) is 0 Å². The van der Waals surface area contributed by atoms with E-state index in [1.54, 1.807) is 11.9 Å². The number of nitriles is 1. The summed E-state index contributed by atoms with van der Waals surface area (Å²) in [6.45, 7) is 0.439. The second-order valence-electron chi connectivity index (χ2n) is 4.05. The zero-order valence-corrected chi connectivity index (χ0v) is 11.5. The van der Waals surface area contributed by atoms with E-state index in [0.717, 1.165) is 15.4 Å². The molecule has 0 fully saturated rings.